The highest BCUT2D eigenvalue weighted by Crippen LogP contribution is 2.35. The molecule has 3 aromatic rings. The van der Waals surface area contributed by atoms with E-state index >= 15 is 0 Å². The Morgan fingerprint density at radius 3 is 2.31 bits per heavy atom. The van der Waals surface area contributed by atoms with Crippen molar-refractivity contribution >= 4 is 34.8 Å². The molecule has 0 spiro atoms. The molecule has 148 valence electrons. The van der Waals surface area contributed by atoms with Crippen LogP contribution in [0.4, 0.5) is 15.8 Å². The standard InChI is InChI=1S/C22H18ClFN2O3/c1-29-20-13-18(26-22(28)15-5-3-2-4-6-15)17(23)12-19(20)25-21(27)11-14-7-9-16(24)10-8-14/h2-10,12-13H,11H2,1H3,(H,25,27)(H,26,28). The Morgan fingerprint density at radius 1 is 0.966 bits per heavy atom. The van der Waals surface area contributed by atoms with Gasteiger partial charge in [-0.3, -0.25) is 9.59 Å². The lowest BCUT2D eigenvalue weighted by Crippen LogP contribution is -2.16. The minimum atomic E-state index is -0.365. The van der Waals surface area contributed by atoms with Crippen molar-refractivity contribution < 1.29 is 18.7 Å². The molecule has 0 aliphatic rings. The maximum atomic E-state index is 13.0. The Hall–Kier alpha value is -3.38. The van der Waals surface area contributed by atoms with E-state index in [1.54, 1.807) is 36.4 Å². The number of anilines is 2. The van der Waals surface area contributed by atoms with Crippen molar-refractivity contribution in [3.8, 4) is 5.75 Å². The van der Waals surface area contributed by atoms with Gasteiger partial charge in [0.1, 0.15) is 11.6 Å². The van der Waals surface area contributed by atoms with Crippen LogP contribution in [0.15, 0.2) is 66.7 Å². The fourth-order valence-corrected chi connectivity index (χ4v) is 2.89. The normalized spacial score (nSPS) is 10.3. The van der Waals surface area contributed by atoms with Gasteiger partial charge in [-0.25, -0.2) is 4.39 Å². The van der Waals surface area contributed by atoms with Crippen LogP contribution in [0, 0.1) is 5.82 Å². The van der Waals surface area contributed by atoms with Gasteiger partial charge in [0.2, 0.25) is 5.91 Å². The summed E-state index contributed by atoms with van der Waals surface area (Å²) in [6, 6.07) is 17.4. The summed E-state index contributed by atoms with van der Waals surface area (Å²) in [5.41, 5.74) is 1.87. The van der Waals surface area contributed by atoms with Crippen molar-refractivity contribution in [3.05, 3.63) is 88.7 Å². The number of hydrogen-bond donors (Lipinski definition) is 2. The number of ether oxygens (including phenoxy) is 1. The van der Waals surface area contributed by atoms with Gasteiger partial charge >= 0.3 is 0 Å². The third kappa shape index (κ3) is 5.33. The molecular weight excluding hydrogens is 395 g/mol. The lowest BCUT2D eigenvalue weighted by molar-refractivity contribution is -0.115. The number of carbonyl (C=O) groups is 2. The van der Waals surface area contributed by atoms with Gasteiger partial charge in [-0.1, -0.05) is 41.9 Å². The summed E-state index contributed by atoms with van der Waals surface area (Å²) >= 11 is 6.29. The number of methoxy groups -OCH3 is 1. The predicted molar refractivity (Wildman–Crippen MR) is 111 cm³/mol. The number of nitrogens with one attached hydrogen (secondary N) is 2. The van der Waals surface area contributed by atoms with Crippen molar-refractivity contribution in [3.63, 3.8) is 0 Å². The molecule has 0 bridgehead atoms. The summed E-state index contributed by atoms with van der Waals surface area (Å²) in [5, 5.41) is 5.69. The quantitative estimate of drug-likeness (QED) is 0.603. The van der Waals surface area contributed by atoms with E-state index in [9.17, 15) is 14.0 Å². The minimum Gasteiger partial charge on any atom is -0.494 e. The summed E-state index contributed by atoms with van der Waals surface area (Å²) in [7, 11) is 1.45. The molecule has 0 saturated heterocycles. The van der Waals surface area contributed by atoms with Crippen molar-refractivity contribution in [2.45, 2.75) is 6.42 Å². The fourth-order valence-electron chi connectivity index (χ4n) is 2.68. The Kier molecular flexibility index (Phi) is 6.46. The van der Waals surface area contributed by atoms with Gasteiger partial charge in [-0.15, -0.1) is 0 Å². The minimum absolute atomic E-state index is 0.0630. The molecular formula is C22H18ClFN2O3. The summed E-state index contributed by atoms with van der Waals surface area (Å²) < 4.78 is 18.3. The zero-order valence-corrected chi connectivity index (χ0v) is 16.3. The van der Waals surface area contributed by atoms with Gasteiger partial charge in [0.15, 0.2) is 0 Å². The highest BCUT2D eigenvalue weighted by atomic mass is 35.5. The number of amides is 2. The van der Waals surface area contributed by atoms with Crippen LogP contribution in [0.3, 0.4) is 0 Å². The molecule has 0 aliphatic heterocycles. The molecule has 2 amide bonds. The molecule has 3 rings (SSSR count). The summed E-state index contributed by atoms with van der Waals surface area (Å²) in [6.45, 7) is 0. The maximum Gasteiger partial charge on any atom is 0.255 e. The number of benzene rings is 3. The Bertz CT molecular complexity index is 1020. The third-order valence-corrected chi connectivity index (χ3v) is 4.44. The van der Waals surface area contributed by atoms with Gasteiger partial charge < -0.3 is 15.4 Å². The maximum absolute atomic E-state index is 13.0. The molecule has 0 aromatic heterocycles. The van der Waals surface area contributed by atoms with Crippen LogP contribution in [0.25, 0.3) is 0 Å². The third-order valence-electron chi connectivity index (χ3n) is 4.13. The van der Waals surface area contributed by atoms with Crippen LogP contribution in [-0.4, -0.2) is 18.9 Å². The van der Waals surface area contributed by atoms with Crippen LogP contribution in [0.1, 0.15) is 15.9 Å². The molecule has 5 nitrogen and oxygen atoms in total. The number of halogens is 2. The molecule has 0 atom stereocenters. The topological polar surface area (TPSA) is 67.4 Å². The fraction of sp³-hybridized carbons (Fsp3) is 0.0909. The van der Waals surface area contributed by atoms with E-state index < -0.39 is 0 Å². The first-order chi connectivity index (χ1) is 14.0. The summed E-state index contributed by atoms with van der Waals surface area (Å²) in [6.07, 6.45) is 0.0630. The zero-order chi connectivity index (χ0) is 20.8. The Balaban J connectivity index is 1.74. The molecule has 0 heterocycles. The van der Waals surface area contributed by atoms with Gasteiger partial charge in [-0.2, -0.15) is 0 Å². The largest absolute Gasteiger partial charge is 0.494 e. The average Bonchev–Trinajstić information content (AvgIpc) is 2.72. The van der Waals surface area contributed by atoms with Crippen LogP contribution < -0.4 is 15.4 Å². The average molecular weight is 413 g/mol. The van der Waals surface area contributed by atoms with Gasteiger partial charge in [-0.05, 0) is 35.9 Å². The Labute approximate surface area is 172 Å². The molecule has 0 unspecified atom stereocenters. The van der Waals surface area contributed by atoms with Gasteiger partial charge in [0.05, 0.1) is 29.9 Å². The van der Waals surface area contributed by atoms with E-state index in [1.165, 1.54) is 31.4 Å². The smallest absolute Gasteiger partial charge is 0.255 e. The van der Waals surface area contributed by atoms with E-state index in [-0.39, 0.29) is 29.1 Å². The first-order valence-corrected chi connectivity index (χ1v) is 9.12. The first kappa shape index (κ1) is 20.4. The second-order valence-electron chi connectivity index (χ2n) is 6.20. The molecule has 29 heavy (non-hydrogen) atoms. The van der Waals surface area contributed by atoms with E-state index in [0.717, 1.165) is 0 Å². The zero-order valence-electron chi connectivity index (χ0n) is 15.5. The second-order valence-corrected chi connectivity index (χ2v) is 6.61. The highest BCUT2D eigenvalue weighted by Gasteiger charge is 2.15. The SMILES string of the molecule is COc1cc(NC(=O)c2ccccc2)c(Cl)cc1NC(=O)Cc1ccc(F)cc1. The monoisotopic (exact) mass is 412 g/mol. The molecule has 0 saturated carbocycles. The van der Waals surface area contributed by atoms with Gasteiger partial charge in [0.25, 0.3) is 5.91 Å². The predicted octanol–water partition coefficient (Wildman–Crippen LogP) is 4.92. The van der Waals surface area contributed by atoms with Crippen LogP contribution >= 0.6 is 11.6 Å². The second kappa shape index (κ2) is 9.21. The lowest BCUT2D eigenvalue weighted by Gasteiger charge is -2.14. The highest BCUT2D eigenvalue weighted by molar-refractivity contribution is 6.34. The molecule has 2 N–H and O–H groups in total. The number of rotatable bonds is 6. The summed E-state index contributed by atoms with van der Waals surface area (Å²) in [5.74, 6) is -0.657. The van der Waals surface area contributed by atoms with E-state index in [2.05, 4.69) is 10.6 Å². The number of hydrogen-bond acceptors (Lipinski definition) is 3. The molecule has 3 aromatic carbocycles. The molecule has 0 aliphatic carbocycles. The van der Waals surface area contributed by atoms with E-state index in [0.29, 0.717) is 28.3 Å². The Morgan fingerprint density at radius 2 is 1.66 bits per heavy atom. The van der Waals surface area contributed by atoms with Crippen LogP contribution in [-0.2, 0) is 11.2 Å². The van der Waals surface area contributed by atoms with Crippen molar-refractivity contribution in [1.82, 2.24) is 0 Å². The van der Waals surface area contributed by atoms with Crippen LogP contribution in [0.2, 0.25) is 5.02 Å². The van der Waals surface area contributed by atoms with E-state index in [4.69, 9.17) is 16.3 Å². The summed E-state index contributed by atoms with van der Waals surface area (Å²) in [4.78, 5) is 24.7. The lowest BCUT2D eigenvalue weighted by atomic mass is 10.1. The molecule has 7 heteroatoms. The molecule has 0 fully saturated rings. The van der Waals surface area contributed by atoms with Crippen LogP contribution in [0.5, 0.6) is 5.75 Å². The van der Waals surface area contributed by atoms with Crippen molar-refractivity contribution in [2.24, 2.45) is 0 Å². The van der Waals surface area contributed by atoms with E-state index in [1.807, 2.05) is 6.07 Å². The van der Waals surface area contributed by atoms with Crippen molar-refractivity contribution in [1.29, 1.82) is 0 Å². The molecule has 0 radical (unpaired) electrons. The first-order valence-electron chi connectivity index (χ1n) is 8.74. The van der Waals surface area contributed by atoms with Gasteiger partial charge in [0, 0.05) is 11.6 Å². The van der Waals surface area contributed by atoms with Crippen molar-refractivity contribution in [2.75, 3.05) is 17.7 Å². The number of carbonyl (C=O) groups excluding carboxylic acids is 2.